The number of hydrogen-bond donors (Lipinski definition) is 1. The van der Waals surface area contributed by atoms with Crippen LogP contribution in [0.2, 0.25) is 5.02 Å². The van der Waals surface area contributed by atoms with E-state index in [1.807, 2.05) is 51.1 Å². The molecule has 1 atom stereocenters. The standard InChI is InChI=1S/C36H39ClFN3O5S/c1-4-46-32-18-16-31(17-19-32)41(47(44,45)33-20-12-29(37)13-21-33)25-35(42)40(24-28-10-14-30(38)15-11-28)34(36(43)39-23-26(2)3)22-27-8-6-5-7-9-27/h5-21,26,34H,4,22-25H2,1-3H3,(H,39,43)/t34-/m0/s1. The zero-order valence-electron chi connectivity index (χ0n) is 26.6. The summed E-state index contributed by atoms with van der Waals surface area (Å²) in [5.74, 6) is -0.767. The number of benzene rings is 4. The van der Waals surface area contributed by atoms with Crippen LogP contribution in [-0.4, -0.2) is 50.9 Å². The summed E-state index contributed by atoms with van der Waals surface area (Å²) in [4.78, 5) is 29.6. The molecule has 0 unspecified atom stereocenters. The maximum Gasteiger partial charge on any atom is 0.264 e. The highest BCUT2D eigenvalue weighted by Crippen LogP contribution is 2.28. The second-order valence-electron chi connectivity index (χ2n) is 11.4. The second kappa shape index (κ2) is 16.4. The molecule has 0 spiro atoms. The van der Waals surface area contributed by atoms with Gasteiger partial charge in [0, 0.05) is 24.5 Å². The molecule has 4 aromatic carbocycles. The summed E-state index contributed by atoms with van der Waals surface area (Å²) < 4.78 is 48.7. The van der Waals surface area contributed by atoms with Crippen LogP contribution in [0.5, 0.6) is 5.75 Å². The van der Waals surface area contributed by atoms with Gasteiger partial charge in [0.05, 0.1) is 17.2 Å². The van der Waals surface area contributed by atoms with Crippen molar-refractivity contribution >= 4 is 39.1 Å². The lowest BCUT2D eigenvalue weighted by atomic mass is 10.0. The van der Waals surface area contributed by atoms with Crippen LogP contribution in [0.1, 0.15) is 31.9 Å². The predicted octanol–water partition coefficient (Wildman–Crippen LogP) is 6.49. The van der Waals surface area contributed by atoms with Gasteiger partial charge in [-0.15, -0.1) is 0 Å². The summed E-state index contributed by atoms with van der Waals surface area (Å²) in [5, 5.41) is 3.30. The molecule has 2 amide bonds. The average Bonchev–Trinajstić information content (AvgIpc) is 3.06. The van der Waals surface area contributed by atoms with E-state index in [0.29, 0.717) is 29.5 Å². The molecule has 0 saturated carbocycles. The van der Waals surface area contributed by atoms with Gasteiger partial charge >= 0.3 is 0 Å². The zero-order valence-corrected chi connectivity index (χ0v) is 28.2. The molecule has 4 rings (SSSR count). The van der Waals surface area contributed by atoms with E-state index in [1.54, 1.807) is 24.3 Å². The van der Waals surface area contributed by atoms with Crippen molar-refractivity contribution < 1.29 is 27.1 Å². The number of anilines is 1. The fourth-order valence-corrected chi connectivity index (χ4v) is 6.44. The van der Waals surface area contributed by atoms with E-state index in [1.165, 1.54) is 53.4 Å². The Labute approximate surface area is 281 Å². The number of amides is 2. The topological polar surface area (TPSA) is 96.0 Å². The van der Waals surface area contributed by atoms with Crippen LogP contribution in [0.4, 0.5) is 10.1 Å². The monoisotopic (exact) mass is 679 g/mol. The number of halogens is 2. The number of carbonyl (C=O) groups excluding carboxylic acids is 2. The van der Waals surface area contributed by atoms with Crippen molar-refractivity contribution in [2.24, 2.45) is 5.92 Å². The molecule has 0 saturated heterocycles. The Kier molecular flexibility index (Phi) is 12.4. The van der Waals surface area contributed by atoms with Crippen LogP contribution in [0, 0.1) is 11.7 Å². The molecule has 8 nitrogen and oxygen atoms in total. The molecule has 0 heterocycles. The number of ether oxygens (including phenoxy) is 1. The highest BCUT2D eigenvalue weighted by Gasteiger charge is 2.34. The Morgan fingerprint density at radius 3 is 2.11 bits per heavy atom. The second-order valence-corrected chi connectivity index (χ2v) is 13.7. The van der Waals surface area contributed by atoms with Gasteiger partial charge in [0.1, 0.15) is 24.2 Å². The van der Waals surface area contributed by atoms with Gasteiger partial charge < -0.3 is 15.0 Å². The van der Waals surface area contributed by atoms with Gasteiger partial charge in [-0.25, -0.2) is 12.8 Å². The number of carbonyl (C=O) groups is 2. The van der Waals surface area contributed by atoms with E-state index in [2.05, 4.69) is 5.32 Å². The molecule has 0 aliphatic rings. The Hall–Kier alpha value is -4.41. The van der Waals surface area contributed by atoms with Gasteiger partial charge in [-0.05, 0) is 84.6 Å². The third kappa shape index (κ3) is 9.79. The Balaban J connectivity index is 1.79. The van der Waals surface area contributed by atoms with Crippen LogP contribution in [0.15, 0.2) is 108 Å². The summed E-state index contributed by atoms with van der Waals surface area (Å²) in [6.45, 7) is 5.88. The lowest BCUT2D eigenvalue weighted by Gasteiger charge is -2.34. The van der Waals surface area contributed by atoms with Crippen molar-refractivity contribution in [3.63, 3.8) is 0 Å². The van der Waals surface area contributed by atoms with E-state index in [0.717, 1.165) is 9.87 Å². The summed E-state index contributed by atoms with van der Waals surface area (Å²) in [5.41, 5.74) is 1.61. The van der Waals surface area contributed by atoms with Crippen molar-refractivity contribution in [2.75, 3.05) is 24.0 Å². The van der Waals surface area contributed by atoms with Gasteiger partial charge in [0.2, 0.25) is 11.8 Å². The third-order valence-corrected chi connectivity index (χ3v) is 9.38. The molecular formula is C36H39ClFN3O5S. The minimum atomic E-state index is -4.29. The average molecular weight is 680 g/mol. The number of rotatable bonds is 15. The van der Waals surface area contributed by atoms with Crippen LogP contribution in [0.25, 0.3) is 0 Å². The normalized spacial score (nSPS) is 12.0. The predicted molar refractivity (Wildman–Crippen MR) is 182 cm³/mol. The first kappa shape index (κ1) is 35.4. The van der Waals surface area contributed by atoms with Gasteiger partial charge in [-0.2, -0.15) is 0 Å². The van der Waals surface area contributed by atoms with Crippen LogP contribution in [-0.2, 0) is 32.6 Å². The Bertz CT molecular complexity index is 1720. The van der Waals surface area contributed by atoms with E-state index >= 15 is 0 Å². The molecular weight excluding hydrogens is 641 g/mol. The lowest BCUT2D eigenvalue weighted by Crippen LogP contribution is -2.53. The molecule has 0 aromatic heterocycles. The maximum atomic E-state index is 14.5. The summed E-state index contributed by atoms with van der Waals surface area (Å²) in [6, 6.07) is 25.9. The summed E-state index contributed by atoms with van der Waals surface area (Å²) in [6.07, 6.45) is 0.171. The molecule has 11 heteroatoms. The number of nitrogens with one attached hydrogen (secondary N) is 1. The number of nitrogens with zero attached hydrogens (tertiary/aromatic N) is 2. The lowest BCUT2D eigenvalue weighted by molar-refractivity contribution is -0.140. The maximum absolute atomic E-state index is 14.5. The van der Waals surface area contributed by atoms with Gasteiger partial charge in [-0.3, -0.25) is 13.9 Å². The van der Waals surface area contributed by atoms with Crippen molar-refractivity contribution in [2.45, 2.75) is 44.7 Å². The first-order chi connectivity index (χ1) is 22.5. The highest BCUT2D eigenvalue weighted by molar-refractivity contribution is 7.92. The molecule has 0 fully saturated rings. The third-order valence-electron chi connectivity index (χ3n) is 7.34. The van der Waals surface area contributed by atoms with Gasteiger partial charge in [0.25, 0.3) is 10.0 Å². The Morgan fingerprint density at radius 1 is 0.872 bits per heavy atom. The highest BCUT2D eigenvalue weighted by atomic mass is 35.5. The summed E-state index contributed by atoms with van der Waals surface area (Å²) >= 11 is 6.05. The fraction of sp³-hybridized carbons (Fsp3) is 0.278. The minimum absolute atomic E-state index is 0.0656. The van der Waals surface area contributed by atoms with Crippen LogP contribution < -0.4 is 14.4 Å². The largest absolute Gasteiger partial charge is 0.494 e. The van der Waals surface area contributed by atoms with Crippen molar-refractivity contribution in [1.82, 2.24) is 10.2 Å². The summed E-state index contributed by atoms with van der Waals surface area (Å²) in [7, 11) is -4.29. The first-order valence-corrected chi connectivity index (χ1v) is 17.2. The molecule has 0 aliphatic heterocycles. The van der Waals surface area contributed by atoms with E-state index in [4.69, 9.17) is 16.3 Å². The quantitative estimate of drug-likeness (QED) is 0.155. The number of hydrogen-bond acceptors (Lipinski definition) is 5. The van der Waals surface area contributed by atoms with E-state index in [9.17, 15) is 22.4 Å². The van der Waals surface area contributed by atoms with Crippen molar-refractivity contribution in [3.8, 4) is 5.75 Å². The fourth-order valence-electron chi connectivity index (χ4n) is 4.90. The zero-order chi connectivity index (χ0) is 34.0. The molecule has 248 valence electrons. The first-order valence-electron chi connectivity index (χ1n) is 15.3. The number of sulfonamides is 1. The molecule has 4 aromatic rings. The van der Waals surface area contributed by atoms with Crippen LogP contribution >= 0.6 is 11.6 Å². The molecule has 0 aliphatic carbocycles. The molecule has 0 radical (unpaired) electrons. The van der Waals surface area contributed by atoms with E-state index < -0.39 is 34.3 Å². The smallest absolute Gasteiger partial charge is 0.264 e. The van der Waals surface area contributed by atoms with Gasteiger partial charge in [-0.1, -0.05) is 67.9 Å². The molecule has 1 N–H and O–H groups in total. The Morgan fingerprint density at radius 2 is 1.51 bits per heavy atom. The van der Waals surface area contributed by atoms with E-state index in [-0.39, 0.29) is 35.4 Å². The van der Waals surface area contributed by atoms with Crippen molar-refractivity contribution in [3.05, 3.63) is 125 Å². The van der Waals surface area contributed by atoms with Gasteiger partial charge in [0.15, 0.2) is 0 Å². The van der Waals surface area contributed by atoms with Crippen molar-refractivity contribution in [1.29, 1.82) is 0 Å². The molecule has 47 heavy (non-hydrogen) atoms. The van der Waals surface area contributed by atoms with Crippen LogP contribution in [0.3, 0.4) is 0 Å². The SMILES string of the molecule is CCOc1ccc(N(CC(=O)N(Cc2ccc(F)cc2)[C@@H](Cc2ccccc2)C(=O)NCC(C)C)S(=O)(=O)c2ccc(Cl)cc2)cc1. The minimum Gasteiger partial charge on any atom is -0.494 e. The molecule has 0 bridgehead atoms.